The molecule has 0 fully saturated rings. The van der Waals surface area contributed by atoms with Crippen molar-refractivity contribution in [2.24, 2.45) is 0 Å². The Balaban J connectivity index is 3.05. The number of halogens is 4. The van der Waals surface area contributed by atoms with Crippen LogP contribution in [0.5, 0.6) is 0 Å². The van der Waals surface area contributed by atoms with Crippen LogP contribution in [0.1, 0.15) is 17.5 Å². The van der Waals surface area contributed by atoms with Gasteiger partial charge in [0.1, 0.15) is 0 Å². The molecule has 0 aromatic heterocycles. The van der Waals surface area contributed by atoms with E-state index in [1.165, 1.54) is 18.2 Å². The van der Waals surface area contributed by atoms with Crippen molar-refractivity contribution >= 4 is 17.7 Å². The number of nitriles is 1. The molecule has 1 aromatic carbocycles. The van der Waals surface area contributed by atoms with Crippen LogP contribution in [0.2, 0.25) is 5.02 Å². The van der Waals surface area contributed by atoms with Gasteiger partial charge in [-0.2, -0.15) is 18.4 Å². The minimum atomic E-state index is -4.41. The largest absolute Gasteiger partial charge is 0.416 e. The van der Waals surface area contributed by atoms with Gasteiger partial charge in [-0.15, -0.1) is 0 Å². The fraction of sp³-hybridized carbons (Fsp3) is 0.182. The van der Waals surface area contributed by atoms with Gasteiger partial charge in [-0.05, 0) is 23.8 Å². The number of rotatable bonds is 2. The van der Waals surface area contributed by atoms with Crippen molar-refractivity contribution in [1.82, 2.24) is 0 Å². The van der Waals surface area contributed by atoms with Crippen LogP contribution < -0.4 is 0 Å². The Hall–Kier alpha value is -1.47. The third-order valence-corrected chi connectivity index (χ3v) is 1.99. The monoisotopic (exact) mass is 245 g/mol. The Labute approximate surface area is 95.8 Å². The lowest BCUT2D eigenvalue weighted by molar-refractivity contribution is -0.137. The minimum absolute atomic E-state index is 0.0198. The van der Waals surface area contributed by atoms with Crippen molar-refractivity contribution in [2.75, 3.05) is 0 Å². The minimum Gasteiger partial charge on any atom is -0.198 e. The first-order valence-corrected chi connectivity index (χ1v) is 4.72. The maximum absolute atomic E-state index is 12.4. The molecule has 0 bridgehead atoms. The zero-order valence-electron chi connectivity index (χ0n) is 8.05. The zero-order valence-corrected chi connectivity index (χ0v) is 8.81. The molecule has 0 amide bonds. The Morgan fingerprint density at radius 2 is 2.00 bits per heavy atom. The van der Waals surface area contributed by atoms with Gasteiger partial charge < -0.3 is 0 Å². The lowest BCUT2D eigenvalue weighted by Gasteiger charge is -2.07. The molecule has 1 nitrogen and oxygen atoms in total. The highest BCUT2D eigenvalue weighted by atomic mass is 35.5. The summed E-state index contributed by atoms with van der Waals surface area (Å²) in [5.41, 5.74) is -0.466. The molecule has 1 aromatic rings. The quantitative estimate of drug-likeness (QED) is 0.763. The SMILES string of the molecule is N#CCC=Cc1cc(Cl)cc(C(F)(F)F)c1. The van der Waals surface area contributed by atoms with Crippen LogP contribution in [-0.2, 0) is 6.18 Å². The second kappa shape index (κ2) is 5.04. The van der Waals surface area contributed by atoms with Gasteiger partial charge in [-0.1, -0.05) is 23.8 Å². The molecule has 0 N–H and O–H groups in total. The van der Waals surface area contributed by atoms with Gasteiger partial charge in [0.25, 0.3) is 0 Å². The van der Waals surface area contributed by atoms with Crippen LogP contribution in [-0.4, -0.2) is 0 Å². The van der Waals surface area contributed by atoms with Gasteiger partial charge in [-0.3, -0.25) is 0 Å². The third-order valence-electron chi connectivity index (χ3n) is 1.77. The summed E-state index contributed by atoms with van der Waals surface area (Å²) in [6.45, 7) is 0. The van der Waals surface area contributed by atoms with Crippen molar-refractivity contribution in [2.45, 2.75) is 12.6 Å². The van der Waals surface area contributed by atoms with E-state index >= 15 is 0 Å². The molecule has 0 spiro atoms. The Morgan fingerprint density at radius 3 is 2.56 bits per heavy atom. The molecule has 0 radical (unpaired) electrons. The fourth-order valence-electron chi connectivity index (χ4n) is 1.12. The molecular formula is C11H7ClF3N. The first-order chi connectivity index (χ1) is 7.43. The molecule has 84 valence electrons. The van der Waals surface area contributed by atoms with Gasteiger partial charge in [0.05, 0.1) is 18.1 Å². The average Bonchev–Trinajstić information content (AvgIpc) is 2.16. The molecule has 1 rings (SSSR count). The molecule has 0 atom stereocenters. The highest BCUT2D eigenvalue weighted by Crippen LogP contribution is 2.32. The Bertz CT molecular complexity index is 444. The van der Waals surface area contributed by atoms with E-state index in [9.17, 15) is 13.2 Å². The van der Waals surface area contributed by atoms with E-state index < -0.39 is 11.7 Å². The Kier molecular flexibility index (Phi) is 3.97. The fourth-order valence-corrected chi connectivity index (χ4v) is 1.36. The van der Waals surface area contributed by atoms with Gasteiger partial charge in [0.2, 0.25) is 0 Å². The van der Waals surface area contributed by atoms with Crippen LogP contribution in [0.3, 0.4) is 0 Å². The van der Waals surface area contributed by atoms with E-state index in [-0.39, 0.29) is 11.4 Å². The number of hydrogen-bond donors (Lipinski definition) is 0. The summed E-state index contributed by atoms with van der Waals surface area (Å²) in [7, 11) is 0. The second-order valence-electron chi connectivity index (χ2n) is 3.04. The van der Waals surface area contributed by atoms with E-state index in [0.717, 1.165) is 12.1 Å². The van der Waals surface area contributed by atoms with E-state index in [0.29, 0.717) is 5.56 Å². The number of nitrogens with zero attached hydrogens (tertiary/aromatic N) is 1. The number of benzene rings is 1. The molecular weight excluding hydrogens is 239 g/mol. The van der Waals surface area contributed by atoms with Crippen molar-refractivity contribution in [1.29, 1.82) is 5.26 Å². The zero-order chi connectivity index (χ0) is 12.2. The number of allylic oxidation sites excluding steroid dienone is 1. The van der Waals surface area contributed by atoms with Gasteiger partial charge in [-0.25, -0.2) is 0 Å². The lowest BCUT2D eigenvalue weighted by Crippen LogP contribution is -2.04. The molecule has 0 saturated heterocycles. The maximum Gasteiger partial charge on any atom is 0.416 e. The molecule has 0 heterocycles. The number of alkyl halides is 3. The standard InChI is InChI=1S/C11H7ClF3N/c12-10-6-8(3-1-2-4-16)5-9(7-10)11(13,14)15/h1,3,5-7H,2H2. The van der Waals surface area contributed by atoms with Crippen molar-refractivity contribution in [3.63, 3.8) is 0 Å². The van der Waals surface area contributed by atoms with Crippen LogP contribution in [0.15, 0.2) is 24.3 Å². The molecule has 0 aliphatic carbocycles. The summed E-state index contributed by atoms with van der Waals surface area (Å²) in [6.07, 6.45) is -1.35. The van der Waals surface area contributed by atoms with E-state index in [2.05, 4.69) is 0 Å². The maximum atomic E-state index is 12.4. The summed E-state index contributed by atoms with van der Waals surface area (Å²) in [6, 6.07) is 5.11. The van der Waals surface area contributed by atoms with Crippen molar-refractivity contribution in [3.8, 4) is 6.07 Å². The molecule has 0 unspecified atom stereocenters. The second-order valence-corrected chi connectivity index (χ2v) is 3.47. The highest BCUT2D eigenvalue weighted by Gasteiger charge is 2.30. The summed E-state index contributed by atoms with van der Waals surface area (Å²) < 4.78 is 37.2. The van der Waals surface area contributed by atoms with Crippen LogP contribution in [0.4, 0.5) is 13.2 Å². The van der Waals surface area contributed by atoms with Gasteiger partial charge in [0.15, 0.2) is 0 Å². The molecule has 0 aliphatic heterocycles. The van der Waals surface area contributed by atoms with E-state index in [4.69, 9.17) is 16.9 Å². The summed E-state index contributed by atoms with van der Waals surface area (Å²) >= 11 is 5.57. The van der Waals surface area contributed by atoms with Crippen LogP contribution in [0.25, 0.3) is 6.08 Å². The van der Waals surface area contributed by atoms with E-state index in [1.54, 1.807) is 0 Å². The first-order valence-electron chi connectivity index (χ1n) is 4.35. The molecule has 0 aliphatic rings. The van der Waals surface area contributed by atoms with Crippen LogP contribution >= 0.6 is 11.6 Å². The van der Waals surface area contributed by atoms with Gasteiger partial charge >= 0.3 is 6.18 Å². The van der Waals surface area contributed by atoms with Crippen molar-refractivity contribution in [3.05, 3.63) is 40.4 Å². The Morgan fingerprint density at radius 1 is 1.31 bits per heavy atom. The summed E-state index contributed by atoms with van der Waals surface area (Å²) in [5.74, 6) is 0. The molecule has 5 heteroatoms. The van der Waals surface area contributed by atoms with Gasteiger partial charge in [0, 0.05) is 5.02 Å². The highest BCUT2D eigenvalue weighted by molar-refractivity contribution is 6.30. The third kappa shape index (κ3) is 3.59. The first kappa shape index (κ1) is 12.6. The van der Waals surface area contributed by atoms with Crippen LogP contribution in [0, 0.1) is 11.3 Å². The van der Waals surface area contributed by atoms with E-state index in [1.807, 2.05) is 6.07 Å². The van der Waals surface area contributed by atoms with Crippen molar-refractivity contribution < 1.29 is 13.2 Å². The molecule has 16 heavy (non-hydrogen) atoms. The lowest BCUT2D eigenvalue weighted by atomic mass is 10.1. The normalized spacial score (nSPS) is 11.7. The number of hydrogen-bond acceptors (Lipinski definition) is 1. The predicted molar refractivity (Wildman–Crippen MR) is 55.7 cm³/mol. The smallest absolute Gasteiger partial charge is 0.198 e. The average molecular weight is 246 g/mol. The summed E-state index contributed by atoms with van der Waals surface area (Å²) in [5, 5.41) is 8.30. The predicted octanol–water partition coefficient (Wildman–Crippen LogP) is 4.29. The summed E-state index contributed by atoms with van der Waals surface area (Å²) in [4.78, 5) is 0. The molecule has 0 saturated carbocycles. The topological polar surface area (TPSA) is 23.8 Å².